The van der Waals surface area contributed by atoms with E-state index in [-0.39, 0.29) is 22.6 Å². The van der Waals surface area contributed by atoms with Crippen LogP contribution in [-0.2, 0) is 6.18 Å². The van der Waals surface area contributed by atoms with Gasteiger partial charge in [0.25, 0.3) is 5.91 Å². The summed E-state index contributed by atoms with van der Waals surface area (Å²) < 4.78 is 40.9. The number of anilines is 1. The van der Waals surface area contributed by atoms with E-state index in [4.69, 9.17) is 5.26 Å². The number of nitriles is 1. The Morgan fingerprint density at radius 3 is 2.56 bits per heavy atom. The first-order valence-corrected chi connectivity index (χ1v) is 9.94. The lowest BCUT2D eigenvalue weighted by atomic mass is 10.1. The Balaban J connectivity index is 1.67. The third-order valence-corrected chi connectivity index (χ3v) is 4.88. The van der Waals surface area contributed by atoms with Crippen molar-refractivity contribution >= 4 is 11.6 Å². The Bertz CT molecular complexity index is 1380. The van der Waals surface area contributed by atoms with Crippen LogP contribution in [0, 0.1) is 11.3 Å². The van der Waals surface area contributed by atoms with Crippen molar-refractivity contribution in [1.82, 2.24) is 14.8 Å². The second kappa shape index (κ2) is 9.17. The summed E-state index contributed by atoms with van der Waals surface area (Å²) in [5.74, 6) is -0.852. The Morgan fingerprint density at radius 1 is 1.06 bits per heavy atom. The number of carbonyl (C=O) groups excluding carboxylic acids is 1. The van der Waals surface area contributed by atoms with Gasteiger partial charge in [-0.15, -0.1) is 0 Å². The SMILES string of the molecule is N#Cc1cccc(-n2nc(C(F)(F)F)cc2C(=O)Nc2cccc(C(O)c3ccccn3)c2)c1. The first-order valence-electron chi connectivity index (χ1n) is 9.94. The summed E-state index contributed by atoms with van der Waals surface area (Å²) in [5.41, 5.74) is -0.218. The molecule has 2 N–H and O–H groups in total. The maximum atomic E-state index is 13.3. The van der Waals surface area contributed by atoms with Crippen LogP contribution < -0.4 is 5.32 Å². The van der Waals surface area contributed by atoms with Crippen molar-refractivity contribution in [3.8, 4) is 11.8 Å². The van der Waals surface area contributed by atoms with Crippen molar-refractivity contribution in [1.29, 1.82) is 5.26 Å². The summed E-state index contributed by atoms with van der Waals surface area (Å²) in [6, 6.07) is 19.6. The van der Waals surface area contributed by atoms with Gasteiger partial charge in [0.05, 0.1) is 23.0 Å². The summed E-state index contributed by atoms with van der Waals surface area (Å²) in [6.07, 6.45) is -4.31. The molecule has 34 heavy (non-hydrogen) atoms. The van der Waals surface area contributed by atoms with Gasteiger partial charge in [-0.25, -0.2) is 4.68 Å². The number of pyridine rings is 1. The Hall–Kier alpha value is -4.49. The Labute approximate surface area is 191 Å². The summed E-state index contributed by atoms with van der Waals surface area (Å²) in [4.78, 5) is 17.1. The van der Waals surface area contributed by atoms with E-state index in [2.05, 4.69) is 15.4 Å². The molecule has 1 amide bonds. The smallest absolute Gasteiger partial charge is 0.382 e. The van der Waals surface area contributed by atoms with E-state index in [0.717, 1.165) is 4.68 Å². The number of aliphatic hydroxyl groups is 1. The normalized spacial score (nSPS) is 12.1. The molecule has 0 aliphatic carbocycles. The number of hydrogen-bond acceptors (Lipinski definition) is 5. The van der Waals surface area contributed by atoms with E-state index in [0.29, 0.717) is 17.3 Å². The van der Waals surface area contributed by atoms with Crippen LogP contribution in [-0.4, -0.2) is 25.8 Å². The summed E-state index contributed by atoms with van der Waals surface area (Å²) >= 11 is 0. The predicted octanol–water partition coefficient (Wildman–Crippen LogP) is 4.49. The van der Waals surface area contributed by atoms with Crippen LogP contribution >= 0.6 is 0 Å². The van der Waals surface area contributed by atoms with Crippen molar-refractivity contribution in [3.63, 3.8) is 0 Å². The Kier molecular flexibility index (Phi) is 6.12. The molecule has 0 saturated carbocycles. The number of hydrogen-bond donors (Lipinski definition) is 2. The minimum absolute atomic E-state index is 0.124. The van der Waals surface area contributed by atoms with E-state index < -0.39 is 23.9 Å². The van der Waals surface area contributed by atoms with E-state index in [9.17, 15) is 23.1 Å². The number of carbonyl (C=O) groups is 1. The summed E-state index contributed by atoms with van der Waals surface area (Å²) in [7, 11) is 0. The van der Waals surface area contributed by atoms with Gasteiger partial charge < -0.3 is 10.4 Å². The highest BCUT2D eigenvalue weighted by Crippen LogP contribution is 2.30. The number of amides is 1. The number of alkyl halides is 3. The van der Waals surface area contributed by atoms with Crippen LogP contribution in [0.4, 0.5) is 18.9 Å². The van der Waals surface area contributed by atoms with Gasteiger partial charge in [0, 0.05) is 18.0 Å². The van der Waals surface area contributed by atoms with Gasteiger partial charge in [-0.05, 0) is 48.0 Å². The third-order valence-electron chi connectivity index (χ3n) is 4.88. The summed E-state index contributed by atoms with van der Waals surface area (Å²) in [6.45, 7) is 0. The average Bonchev–Trinajstić information content (AvgIpc) is 3.31. The van der Waals surface area contributed by atoms with Crippen molar-refractivity contribution in [3.05, 3.63) is 107 Å². The van der Waals surface area contributed by atoms with Gasteiger partial charge in [0.15, 0.2) is 5.69 Å². The number of benzene rings is 2. The fraction of sp³-hybridized carbons (Fsp3) is 0.0833. The third kappa shape index (κ3) is 4.79. The van der Waals surface area contributed by atoms with Gasteiger partial charge in [-0.3, -0.25) is 9.78 Å². The van der Waals surface area contributed by atoms with E-state index in [1.807, 2.05) is 6.07 Å². The number of aromatic nitrogens is 3. The van der Waals surface area contributed by atoms with E-state index in [1.54, 1.807) is 30.3 Å². The van der Waals surface area contributed by atoms with Crippen LogP contribution in [0.15, 0.2) is 79.0 Å². The molecule has 170 valence electrons. The monoisotopic (exact) mass is 463 g/mol. The minimum atomic E-state index is -4.78. The van der Waals surface area contributed by atoms with Crippen LogP contribution in [0.3, 0.4) is 0 Å². The van der Waals surface area contributed by atoms with Gasteiger partial charge in [0.1, 0.15) is 11.8 Å². The van der Waals surface area contributed by atoms with Crippen molar-refractivity contribution in [2.24, 2.45) is 0 Å². The number of halogens is 3. The Morgan fingerprint density at radius 2 is 1.85 bits per heavy atom. The van der Waals surface area contributed by atoms with Crippen LogP contribution in [0.5, 0.6) is 0 Å². The molecule has 0 spiro atoms. The minimum Gasteiger partial charge on any atom is -0.382 e. The zero-order valence-corrected chi connectivity index (χ0v) is 17.4. The maximum Gasteiger partial charge on any atom is 0.435 e. The number of nitrogens with zero attached hydrogens (tertiary/aromatic N) is 4. The molecule has 4 aromatic rings. The van der Waals surface area contributed by atoms with Gasteiger partial charge in [0.2, 0.25) is 0 Å². The number of rotatable bonds is 5. The molecule has 2 heterocycles. The van der Waals surface area contributed by atoms with Crippen molar-refractivity contribution in [2.45, 2.75) is 12.3 Å². The zero-order chi connectivity index (χ0) is 24.3. The lowest BCUT2D eigenvalue weighted by Gasteiger charge is -2.13. The highest BCUT2D eigenvalue weighted by atomic mass is 19.4. The summed E-state index contributed by atoms with van der Waals surface area (Å²) in [5, 5.41) is 25.8. The molecule has 2 aromatic heterocycles. The molecule has 0 aliphatic rings. The zero-order valence-electron chi connectivity index (χ0n) is 17.4. The highest BCUT2D eigenvalue weighted by molar-refractivity contribution is 6.03. The van der Waals surface area contributed by atoms with E-state index in [1.165, 1.54) is 42.6 Å². The lowest BCUT2D eigenvalue weighted by Crippen LogP contribution is -2.17. The molecule has 1 atom stereocenters. The molecule has 1 unspecified atom stereocenters. The van der Waals surface area contributed by atoms with Crippen LogP contribution in [0.2, 0.25) is 0 Å². The quantitative estimate of drug-likeness (QED) is 0.454. The fourth-order valence-electron chi connectivity index (χ4n) is 3.28. The van der Waals surface area contributed by atoms with Gasteiger partial charge >= 0.3 is 6.18 Å². The molecule has 0 bridgehead atoms. The molecule has 0 saturated heterocycles. The molecule has 0 fully saturated rings. The average molecular weight is 463 g/mol. The fourth-order valence-corrected chi connectivity index (χ4v) is 3.28. The molecule has 0 aliphatic heterocycles. The first kappa shape index (κ1) is 22.7. The molecule has 4 rings (SSSR count). The second-order valence-electron chi connectivity index (χ2n) is 7.22. The number of aliphatic hydroxyl groups excluding tert-OH is 1. The lowest BCUT2D eigenvalue weighted by molar-refractivity contribution is -0.141. The highest BCUT2D eigenvalue weighted by Gasteiger charge is 2.36. The van der Waals surface area contributed by atoms with Crippen LogP contribution in [0.25, 0.3) is 5.69 Å². The van der Waals surface area contributed by atoms with Crippen molar-refractivity contribution in [2.75, 3.05) is 5.32 Å². The molecular formula is C24H16F3N5O2. The largest absolute Gasteiger partial charge is 0.435 e. The van der Waals surface area contributed by atoms with Gasteiger partial charge in [-0.1, -0.05) is 24.3 Å². The van der Waals surface area contributed by atoms with Crippen LogP contribution in [0.1, 0.15) is 39.1 Å². The van der Waals surface area contributed by atoms with Crippen molar-refractivity contribution < 1.29 is 23.1 Å². The molecular weight excluding hydrogens is 447 g/mol. The molecule has 2 aromatic carbocycles. The van der Waals surface area contributed by atoms with E-state index >= 15 is 0 Å². The molecule has 10 heteroatoms. The topological polar surface area (TPSA) is 104 Å². The first-order chi connectivity index (χ1) is 16.3. The standard InChI is InChI=1S/C24H16F3N5O2/c25-24(26,27)21-13-20(32(31-21)18-8-3-5-15(11-18)14-28)23(34)30-17-7-4-6-16(12-17)22(33)19-9-1-2-10-29-19/h1-13,22,33H,(H,30,34). The van der Waals surface area contributed by atoms with Gasteiger partial charge in [-0.2, -0.15) is 23.5 Å². The second-order valence-corrected chi connectivity index (χ2v) is 7.22. The maximum absolute atomic E-state index is 13.3. The predicted molar refractivity (Wildman–Crippen MR) is 116 cm³/mol. The molecule has 0 radical (unpaired) electrons. The number of nitrogens with one attached hydrogen (secondary N) is 1. The molecule has 7 nitrogen and oxygen atoms in total.